The zero-order chi connectivity index (χ0) is 13.8. The van der Waals surface area contributed by atoms with Crippen LogP contribution in [0.1, 0.15) is 5.56 Å². The largest absolute Gasteiger partial charge is 0.454 e. The second kappa shape index (κ2) is 5.75. The Kier molecular flexibility index (Phi) is 4.06. The van der Waals surface area contributed by atoms with Crippen LogP contribution in [0.3, 0.4) is 0 Å². The summed E-state index contributed by atoms with van der Waals surface area (Å²) in [4.78, 5) is 1.11. The highest BCUT2D eigenvalue weighted by Crippen LogP contribution is 2.26. The second-order valence-electron chi connectivity index (χ2n) is 3.84. The lowest BCUT2D eigenvalue weighted by Gasteiger charge is -2.08. The Morgan fingerprint density at radius 1 is 1.21 bits per heavy atom. The zero-order valence-electron chi connectivity index (χ0n) is 10.3. The number of hydrogen-bond donors (Lipinski definition) is 2. The van der Waals surface area contributed by atoms with Crippen molar-refractivity contribution < 1.29 is 9.13 Å². The Labute approximate surface area is 115 Å². The van der Waals surface area contributed by atoms with Crippen LogP contribution in [-0.2, 0) is 0 Å². The first-order valence-electron chi connectivity index (χ1n) is 5.56. The summed E-state index contributed by atoms with van der Waals surface area (Å²) in [5, 5.41) is 7.24. The monoisotopic (exact) mass is 276 g/mol. The van der Waals surface area contributed by atoms with E-state index in [1.807, 2.05) is 18.4 Å². The van der Waals surface area contributed by atoms with Gasteiger partial charge in [-0.1, -0.05) is 0 Å². The van der Waals surface area contributed by atoms with Gasteiger partial charge in [-0.05, 0) is 48.7 Å². The minimum Gasteiger partial charge on any atom is -0.454 e. The van der Waals surface area contributed by atoms with Gasteiger partial charge in [-0.3, -0.25) is 5.41 Å². The van der Waals surface area contributed by atoms with Gasteiger partial charge >= 0.3 is 0 Å². The first-order chi connectivity index (χ1) is 9.10. The van der Waals surface area contributed by atoms with Gasteiger partial charge in [0.25, 0.3) is 0 Å². The molecule has 0 bridgehead atoms. The van der Waals surface area contributed by atoms with Crippen LogP contribution < -0.4 is 10.5 Å². The summed E-state index contributed by atoms with van der Waals surface area (Å²) in [7, 11) is 0. The Balaban J connectivity index is 2.20. The van der Waals surface area contributed by atoms with Crippen LogP contribution in [-0.4, -0.2) is 12.1 Å². The van der Waals surface area contributed by atoms with Crippen LogP contribution in [0.25, 0.3) is 0 Å². The van der Waals surface area contributed by atoms with E-state index in [2.05, 4.69) is 0 Å². The molecule has 0 atom stereocenters. The zero-order valence-corrected chi connectivity index (χ0v) is 11.1. The van der Waals surface area contributed by atoms with Gasteiger partial charge in [0, 0.05) is 10.5 Å². The van der Waals surface area contributed by atoms with Gasteiger partial charge in [-0.2, -0.15) is 0 Å². The van der Waals surface area contributed by atoms with Crippen molar-refractivity contribution in [3.05, 3.63) is 53.8 Å². The molecule has 0 aliphatic carbocycles. The number of ether oxygens (including phenoxy) is 1. The summed E-state index contributed by atoms with van der Waals surface area (Å²) < 4.78 is 19.2. The number of nitrogens with two attached hydrogens (primary N) is 1. The molecule has 0 amide bonds. The molecule has 2 aromatic rings. The smallest absolute Gasteiger partial charge is 0.166 e. The number of rotatable bonds is 4. The number of hydrogen-bond acceptors (Lipinski definition) is 3. The van der Waals surface area contributed by atoms with Crippen molar-refractivity contribution >= 4 is 17.6 Å². The van der Waals surface area contributed by atoms with Crippen molar-refractivity contribution in [2.24, 2.45) is 5.73 Å². The summed E-state index contributed by atoms with van der Waals surface area (Å²) in [6, 6.07) is 11.6. The number of amidine groups is 1. The van der Waals surface area contributed by atoms with Crippen molar-refractivity contribution in [1.29, 1.82) is 5.41 Å². The van der Waals surface area contributed by atoms with Gasteiger partial charge in [-0.25, -0.2) is 4.39 Å². The first kappa shape index (κ1) is 13.4. The highest BCUT2D eigenvalue weighted by molar-refractivity contribution is 7.98. The normalized spacial score (nSPS) is 10.2. The third-order valence-corrected chi connectivity index (χ3v) is 3.27. The maximum Gasteiger partial charge on any atom is 0.166 e. The average molecular weight is 276 g/mol. The van der Waals surface area contributed by atoms with Crippen molar-refractivity contribution in [2.45, 2.75) is 4.90 Å². The molecule has 3 N–H and O–H groups in total. The third kappa shape index (κ3) is 3.26. The van der Waals surface area contributed by atoms with Crippen LogP contribution in [0.5, 0.6) is 11.5 Å². The molecule has 5 heteroatoms. The third-order valence-electron chi connectivity index (χ3n) is 2.53. The minimum atomic E-state index is -0.540. The van der Waals surface area contributed by atoms with Crippen molar-refractivity contribution in [1.82, 2.24) is 0 Å². The molecule has 0 heterocycles. The highest BCUT2D eigenvalue weighted by Gasteiger charge is 2.07. The van der Waals surface area contributed by atoms with Crippen LogP contribution in [0.4, 0.5) is 4.39 Å². The maximum absolute atomic E-state index is 13.8. The maximum atomic E-state index is 13.8. The fourth-order valence-corrected chi connectivity index (χ4v) is 1.93. The number of thioether (sulfide) groups is 1. The Morgan fingerprint density at radius 3 is 2.42 bits per heavy atom. The van der Waals surface area contributed by atoms with E-state index in [0.29, 0.717) is 11.3 Å². The Hall–Kier alpha value is -2.01. The van der Waals surface area contributed by atoms with Crippen molar-refractivity contribution in [2.75, 3.05) is 6.26 Å². The summed E-state index contributed by atoms with van der Waals surface area (Å²) >= 11 is 1.62. The molecule has 0 unspecified atom stereocenters. The lowest BCUT2D eigenvalue weighted by molar-refractivity contribution is 0.442. The highest BCUT2D eigenvalue weighted by atomic mass is 32.2. The quantitative estimate of drug-likeness (QED) is 0.509. The van der Waals surface area contributed by atoms with E-state index in [4.69, 9.17) is 15.9 Å². The number of nitrogens with one attached hydrogen (secondary N) is 1. The van der Waals surface area contributed by atoms with Gasteiger partial charge in [0.2, 0.25) is 0 Å². The van der Waals surface area contributed by atoms with E-state index >= 15 is 0 Å². The standard InChI is InChI=1S/C14H13FN2OS/c1-19-11-5-3-10(4-6-11)18-13-7-2-9(14(16)17)8-12(13)15/h2-8H,1H3,(H3,16,17). The average Bonchev–Trinajstić information content (AvgIpc) is 2.41. The van der Waals surface area contributed by atoms with Gasteiger partial charge in [0.05, 0.1) is 0 Å². The Bertz CT molecular complexity index is 599. The molecule has 0 radical (unpaired) electrons. The van der Waals surface area contributed by atoms with E-state index in [1.54, 1.807) is 30.0 Å². The van der Waals surface area contributed by atoms with Gasteiger partial charge in [0.1, 0.15) is 11.6 Å². The number of benzene rings is 2. The SMILES string of the molecule is CSc1ccc(Oc2ccc(C(=N)N)cc2F)cc1. The summed E-state index contributed by atoms with van der Waals surface area (Å²) in [5.74, 6) is -0.0365. The van der Waals surface area contributed by atoms with E-state index in [0.717, 1.165) is 4.90 Å². The molecule has 0 saturated carbocycles. The molecule has 0 saturated heterocycles. The van der Waals surface area contributed by atoms with E-state index < -0.39 is 5.82 Å². The predicted octanol–water partition coefficient (Wildman–Crippen LogP) is 3.62. The van der Waals surface area contributed by atoms with Crippen LogP contribution in [0.15, 0.2) is 47.4 Å². The lowest BCUT2D eigenvalue weighted by atomic mass is 10.2. The molecule has 2 aromatic carbocycles. The summed E-state index contributed by atoms with van der Waals surface area (Å²) in [5.41, 5.74) is 5.63. The second-order valence-corrected chi connectivity index (χ2v) is 4.72. The molecule has 3 nitrogen and oxygen atoms in total. The van der Waals surface area contributed by atoms with Gasteiger partial charge < -0.3 is 10.5 Å². The van der Waals surface area contributed by atoms with Crippen LogP contribution in [0, 0.1) is 11.2 Å². The van der Waals surface area contributed by atoms with Gasteiger partial charge in [0.15, 0.2) is 11.6 Å². The van der Waals surface area contributed by atoms with E-state index in [-0.39, 0.29) is 11.6 Å². The molecule has 0 spiro atoms. The summed E-state index contributed by atoms with van der Waals surface area (Å²) in [6.07, 6.45) is 1.98. The fraction of sp³-hybridized carbons (Fsp3) is 0.0714. The molecular formula is C14H13FN2OS. The number of halogens is 1. The first-order valence-corrected chi connectivity index (χ1v) is 6.78. The van der Waals surface area contributed by atoms with Crippen LogP contribution in [0.2, 0.25) is 0 Å². The number of nitrogen functional groups attached to an aromatic ring is 1. The predicted molar refractivity (Wildman–Crippen MR) is 75.7 cm³/mol. The van der Waals surface area contributed by atoms with E-state index in [9.17, 15) is 4.39 Å². The molecule has 0 aromatic heterocycles. The Morgan fingerprint density at radius 2 is 1.89 bits per heavy atom. The topological polar surface area (TPSA) is 59.1 Å². The van der Waals surface area contributed by atoms with Crippen LogP contribution >= 0.6 is 11.8 Å². The van der Waals surface area contributed by atoms with E-state index in [1.165, 1.54) is 12.1 Å². The molecule has 0 aliphatic heterocycles. The fourth-order valence-electron chi connectivity index (χ4n) is 1.52. The summed E-state index contributed by atoms with van der Waals surface area (Å²) in [6.45, 7) is 0. The molecule has 2 rings (SSSR count). The molecular weight excluding hydrogens is 263 g/mol. The van der Waals surface area contributed by atoms with Gasteiger partial charge in [-0.15, -0.1) is 11.8 Å². The minimum absolute atomic E-state index is 0.113. The molecule has 0 aliphatic rings. The molecule has 98 valence electrons. The molecule has 19 heavy (non-hydrogen) atoms. The van der Waals surface area contributed by atoms with Crippen molar-refractivity contribution in [3.63, 3.8) is 0 Å². The lowest BCUT2D eigenvalue weighted by Crippen LogP contribution is -2.11. The van der Waals surface area contributed by atoms with Crippen molar-refractivity contribution in [3.8, 4) is 11.5 Å². The molecule has 0 fully saturated rings.